The highest BCUT2D eigenvalue weighted by Crippen LogP contribution is 2.33. The fourth-order valence-electron chi connectivity index (χ4n) is 2.44. The Morgan fingerprint density at radius 1 is 0.920 bits per heavy atom. The first-order chi connectivity index (χ1) is 12.1. The molecule has 0 aliphatic heterocycles. The number of methoxy groups -OCH3 is 2. The van der Waals surface area contributed by atoms with Crippen molar-refractivity contribution in [2.75, 3.05) is 27.4 Å². The fourth-order valence-corrected chi connectivity index (χ4v) is 2.44. The minimum atomic E-state index is -1.06. The summed E-state index contributed by atoms with van der Waals surface area (Å²) in [6.07, 6.45) is -1.92. The van der Waals surface area contributed by atoms with Crippen LogP contribution in [0.1, 0.15) is 18.6 Å². The van der Waals surface area contributed by atoms with E-state index in [1.807, 2.05) is 13.0 Å². The topological polar surface area (TPSA) is 77.4 Å². The molecule has 2 rings (SSSR count). The number of aliphatic hydroxyl groups is 2. The molecule has 136 valence electrons. The third kappa shape index (κ3) is 4.55. The van der Waals surface area contributed by atoms with Crippen molar-refractivity contribution in [3.63, 3.8) is 0 Å². The van der Waals surface area contributed by atoms with E-state index in [2.05, 4.69) is 0 Å². The van der Waals surface area contributed by atoms with Gasteiger partial charge in [0.05, 0.1) is 27.4 Å². The Hall–Kier alpha value is -2.44. The van der Waals surface area contributed by atoms with Gasteiger partial charge in [-0.15, -0.1) is 0 Å². The summed E-state index contributed by atoms with van der Waals surface area (Å²) in [4.78, 5) is 0. The molecule has 2 aromatic carbocycles. The summed E-state index contributed by atoms with van der Waals surface area (Å²) >= 11 is 0. The zero-order valence-electron chi connectivity index (χ0n) is 14.6. The van der Waals surface area contributed by atoms with Crippen LogP contribution in [0, 0.1) is 0 Å². The molecule has 0 heterocycles. The first-order valence-corrected chi connectivity index (χ1v) is 8.03. The lowest BCUT2D eigenvalue weighted by molar-refractivity contribution is -0.000519. The third-order valence-corrected chi connectivity index (χ3v) is 3.71. The van der Waals surface area contributed by atoms with Crippen LogP contribution in [0.25, 0.3) is 0 Å². The molecular weight excluding hydrogens is 324 g/mol. The van der Waals surface area contributed by atoms with Crippen LogP contribution in [-0.4, -0.2) is 43.8 Å². The van der Waals surface area contributed by atoms with Gasteiger partial charge in [-0.2, -0.15) is 0 Å². The van der Waals surface area contributed by atoms with Gasteiger partial charge in [0.2, 0.25) is 0 Å². The van der Waals surface area contributed by atoms with Gasteiger partial charge in [-0.05, 0) is 36.8 Å². The smallest absolute Gasteiger partial charge is 0.161 e. The molecule has 2 aromatic rings. The van der Waals surface area contributed by atoms with Gasteiger partial charge in [0, 0.05) is 0 Å². The van der Waals surface area contributed by atoms with Gasteiger partial charge in [0.15, 0.2) is 29.1 Å². The number of para-hydroxylation sites is 2. The molecular formula is C19H24O6. The number of aliphatic hydroxyl groups excluding tert-OH is 2. The molecule has 0 amide bonds. The molecule has 0 unspecified atom stereocenters. The summed E-state index contributed by atoms with van der Waals surface area (Å²) in [7, 11) is 3.06. The predicted octanol–water partition coefficient (Wildman–Crippen LogP) is 2.58. The lowest BCUT2D eigenvalue weighted by atomic mass is 10.0. The average Bonchev–Trinajstić information content (AvgIpc) is 2.66. The first kappa shape index (κ1) is 18.9. The van der Waals surface area contributed by atoms with E-state index >= 15 is 0 Å². The largest absolute Gasteiger partial charge is 0.493 e. The summed E-state index contributed by atoms with van der Waals surface area (Å²) in [5, 5.41) is 20.3. The molecule has 6 nitrogen and oxygen atoms in total. The van der Waals surface area contributed by atoms with Crippen LogP contribution < -0.4 is 18.9 Å². The molecule has 0 radical (unpaired) electrons. The Balaban J connectivity index is 2.22. The van der Waals surface area contributed by atoms with Crippen molar-refractivity contribution in [1.29, 1.82) is 0 Å². The third-order valence-electron chi connectivity index (χ3n) is 3.71. The summed E-state index contributed by atoms with van der Waals surface area (Å²) in [6.45, 7) is 2.02. The molecule has 0 aromatic heterocycles. The van der Waals surface area contributed by atoms with Crippen LogP contribution in [0.3, 0.4) is 0 Å². The molecule has 0 aliphatic carbocycles. The van der Waals surface area contributed by atoms with Crippen molar-refractivity contribution in [1.82, 2.24) is 0 Å². The van der Waals surface area contributed by atoms with E-state index < -0.39 is 12.2 Å². The second-order valence-corrected chi connectivity index (χ2v) is 5.28. The van der Waals surface area contributed by atoms with Gasteiger partial charge in [-0.1, -0.05) is 18.2 Å². The van der Waals surface area contributed by atoms with E-state index in [0.29, 0.717) is 35.2 Å². The molecule has 0 spiro atoms. The van der Waals surface area contributed by atoms with Crippen LogP contribution in [-0.2, 0) is 0 Å². The van der Waals surface area contributed by atoms with Crippen molar-refractivity contribution in [3.05, 3.63) is 48.0 Å². The minimum Gasteiger partial charge on any atom is -0.493 e. The van der Waals surface area contributed by atoms with Gasteiger partial charge >= 0.3 is 0 Å². The van der Waals surface area contributed by atoms with E-state index in [9.17, 15) is 10.2 Å². The molecule has 0 aliphatic rings. The van der Waals surface area contributed by atoms with Crippen LogP contribution >= 0.6 is 0 Å². The van der Waals surface area contributed by atoms with Crippen molar-refractivity contribution in [2.24, 2.45) is 0 Å². The van der Waals surface area contributed by atoms with Crippen molar-refractivity contribution >= 4 is 0 Å². The van der Waals surface area contributed by atoms with Crippen LogP contribution in [0.2, 0.25) is 0 Å². The first-order valence-electron chi connectivity index (χ1n) is 8.03. The Bertz CT molecular complexity index is 673. The monoisotopic (exact) mass is 348 g/mol. The summed E-state index contributed by atoms with van der Waals surface area (Å²) in [5.74, 6) is 2.07. The van der Waals surface area contributed by atoms with Crippen molar-refractivity contribution < 1.29 is 29.2 Å². The number of hydrogen-bond donors (Lipinski definition) is 2. The van der Waals surface area contributed by atoms with Gasteiger partial charge in [-0.3, -0.25) is 0 Å². The molecule has 2 atom stereocenters. The predicted molar refractivity (Wildman–Crippen MR) is 93.6 cm³/mol. The number of ether oxygens (including phenoxy) is 4. The van der Waals surface area contributed by atoms with Gasteiger partial charge in [0.25, 0.3) is 0 Å². The molecule has 0 fully saturated rings. The van der Waals surface area contributed by atoms with Crippen LogP contribution in [0.5, 0.6) is 23.0 Å². The lowest BCUT2D eigenvalue weighted by Gasteiger charge is -2.24. The highest BCUT2D eigenvalue weighted by atomic mass is 16.5. The van der Waals surface area contributed by atoms with Crippen LogP contribution in [0.4, 0.5) is 0 Å². The van der Waals surface area contributed by atoms with Crippen molar-refractivity contribution in [3.8, 4) is 23.0 Å². The second kappa shape index (κ2) is 9.15. The van der Waals surface area contributed by atoms with E-state index in [-0.39, 0.29) is 6.61 Å². The summed E-state index contributed by atoms with van der Waals surface area (Å²) in [5.41, 5.74) is 0.550. The van der Waals surface area contributed by atoms with E-state index in [1.54, 1.807) is 36.4 Å². The molecule has 2 N–H and O–H groups in total. The highest BCUT2D eigenvalue weighted by Gasteiger charge is 2.24. The van der Waals surface area contributed by atoms with Crippen molar-refractivity contribution in [2.45, 2.75) is 19.1 Å². The number of benzene rings is 2. The minimum absolute atomic E-state index is 0.366. The highest BCUT2D eigenvalue weighted by molar-refractivity contribution is 5.44. The lowest BCUT2D eigenvalue weighted by Crippen LogP contribution is -2.29. The molecule has 0 saturated heterocycles. The molecule has 6 heteroatoms. The normalized spacial score (nSPS) is 13.0. The Morgan fingerprint density at radius 3 is 2.20 bits per heavy atom. The number of hydrogen-bond acceptors (Lipinski definition) is 6. The Kier molecular flexibility index (Phi) is 6.91. The van der Waals surface area contributed by atoms with E-state index in [1.165, 1.54) is 14.2 Å². The Labute approximate surface area is 147 Å². The summed E-state index contributed by atoms with van der Waals surface area (Å²) in [6, 6.07) is 12.2. The van der Waals surface area contributed by atoms with Gasteiger partial charge in [-0.25, -0.2) is 0 Å². The maximum Gasteiger partial charge on any atom is 0.161 e. The summed E-state index contributed by atoms with van der Waals surface area (Å²) < 4.78 is 21.8. The van der Waals surface area contributed by atoms with Gasteiger partial charge in [0.1, 0.15) is 6.10 Å². The van der Waals surface area contributed by atoms with E-state index in [4.69, 9.17) is 18.9 Å². The fraction of sp³-hybridized carbons (Fsp3) is 0.368. The molecule has 0 bridgehead atoms. The van der Waals surface area contributed by atoms with Gasteiger partial charge < -0.3 is 29.2 Å². The maximum atomic E-state index is 10.6. The number of rotatable bonds is 9. The maximum absolute atomic E-state index is 10.6. The van der Waals surface area contributed by atoms with E-state index in [0.717, 1.165) is 0 Å². The standard InChI is InChI=1S/C19H24O6/c1-4-24-15-10-9-13(11-17(15)23-3)19(21)18(12-20)25-16-8-6-5-7-14(16)22-2/h5-11,18-21H,4,12H2,1-3H3/t18-,19+/m1/s1. The zero-order chi connectivity index (χ0) is 18.2. The molecule has 0 saturated carbocycles. The zero-order valence-corrected chi connectivity index (χ0v) is 14.6. The Morgan fingerprint density at radius 2 is 1.60 bits per heavy atom. The van der Waals surface area contributed by atoms with Crippen LogP contribution in [0.15, 0.2) is 42.5 Å². The molecule has 25 heavy (non-hydrogen) atoms. The SMILES string of the molecule is CCOc1ccc([C@H](O)[C@@H](CO)Oc2ccccc2OC)cc1OC. The average molecular weight is 348 g/mol. The second-order valence-electron chi connectivity index (χ2n) is 5.28. The quantitative estimate of drug-likeness (QED) is 0.725.